The first kappa shape index (κ1) is 21.1. The Morgan fingerprint density at radius 1 is 1.29 bits per heavy atom. The topological polar surface area (TPSA) is 127 Å². The number of rotatable bonds is 6. The number of anilines is 1. The molecule has 0 aromatic carbocycles. The maximum Gasteiger partial charge on any atom is 0.242 e. The van der Waals surface area contributed by atoms with Crippen molar-refractivity contribution in [2.75, 3.05) is 18.4 Å². The molecule has 1 aliphatic heterocycles. The van der Waals surface area contributed by atoms with Gasteiger partial charge in [0.25, 0.3) is 0 Å². The molecule has 4 heterocycles. The molecule has 1 unspecified atom stereocenters. The summed E-state index contributed by atoms with van der Waals surface area (Å²) in [5.74, 6) is 1.47. The molecule has 4 rings (SSSR count). The molecule has 2 amide bonds. The van der Waals surface area contributed by atoms with Crippen molar-refractivity contribution in [1.82, 2.24) is 19.9 Å². The van der Waals surface area contributed by atoms with Crippen LogP contribution in [0.4, 0.5) is 5.82 Å². The minimum atomic E-state index is -0.374. The summed E-state index contributed by atoms with van der Waals surface area (Å²) in [4.78, 5) is 39.7. The quantitative estimate of drug-likeness (QED) is 0.603. The summed E-state index contributed by atoms with van der Waals surface area (Å²) >= 11 is 1.45. The van der Waals surface area contributed by atoms with Crippen molar-refractivity contribution in [3.05, 3.63) is 35.5 Å². The highest BCUT2D eigenvalue weighted by Gasteiger charge is 2.29. The molecule has 31 heavy (non-hydrogen) atoms. The first-order valence-electron chi connectivity index (χ1n) is 10.1. The van der Waals surface area contributed by atoms with Gasteiger partial charge in [-0.25, -0.2) is 15.0 Å². The average molecular weight is 441 g/mol. The van der Waals surface area contributed by atoms with Crippen molar-refractivity contribution in [1.29, 1.82) is 0 Å². The van der Waals surface area contributed by atoms with E-state index >= 15 is 0 Å². The number of nitrogens with zero attached hydrogens (tertiary/aromatic N) is 4. The molecule has 0 bridgehead atoms. The first-order chi connectivity index (χ1) is 14.9. The second-order valence-corrected chi connectivity index (χ2v) is 8.48. The van der Waals surface area contributed by atoms with E-state index < -0.39 is 0 Å². The second-order valence-electron chi connectivity index (χ2n) is 7.59. The van der Waals surface area contributed by atoms with E-state index in [0.717, 1.165) is 10.8 Å². The van der Waals surface area contributed by atoms with Gasteiger partial charge in [0.15, 0.2) is 11.6 Å². The van der Waals surface area contributed by atoms with Crippen LogP contribution < -0.4 is 11.1 Å². The normalized spacial score (nSPS) is 16.2. The number of piperidine rings is 1. The van der Waals surface area contributed by atoms with Gasteiger partial charge in [0.2, 0.25) is 11.8 Å². The third kappa shape index (κ3) is 4.80. The number of hydrogen-bond acceptors (Lipinski definition) is 8. The predicted molar refractivity (Wildman–Crippen MR) is 117 cm³/mol. The smallest absolute Gasteiger partial charge is 0.242 e. The van der Waals surface area contributed by atoms with E-state index in [1.54, 1.807) is 18.3 Å². The molecule has 9 nitrogen and oxygen atoms in total. The van der Waals surface area contributed by atoms with E-state index in [4.69, 9.17) is 10.2 Å². The highest BCUT2D eigenvalue weighted by Crippen LogP contribution is 2.27. The molecule has 3 aromatic rings. The Kier molecular flexibility index (Phi) is 6.10. The molecule has 3 aromatic heterocycles. The Morgan fingerprint density at radius 3 is 2.68 bits per heavy atom. The first-order valence-corrected chi connectivity index (χ1v) is 11.0. The summed E-state index contributed by atoms with van der Waals surface area (Å²) < 4.78 is 5.67. The van der Waals surface area contributed by atoms with Gasteiger partial charge in [-0.05, 0) is 51.9 Å². The van der Waals surface area contributed by atoms with Crippen molar-refractivity contribution in [2.24, 2.45) is 11.7 Å². The van der Waals surface area contributed by atoms with Crippen molar-refractivity contribution < 1.29 is 14.0 Å². The number of carbonyl (C=O) groups is 2. The molecule has 10 heteroatoms. The molecule has 1 saturated heterocycles. The molecule has 1 aliphatic rings. The lowest BCUT2D eigenvalue weighted by Gasteiger charge is -2.34. The number of thiazole rings is 1. The standard InChI is InChI=1S/C21H24N6O3S/c1-12-3-4-16(30-12)19-24-15(21-23-7-10-31-21)11-17(25-19)26-20(29)13(2)27-8-5-14(6-9-27)18(22)28/h3-4,7,10-11,13-14H,5-6,8-9H2,1-2H3,(H2,22,28)(H,24,25,26,29). The number of aryl methyl sites for hydroxylation is 1. The number of carbonyl (C=O) groups excluding carboxylic acids is 2. The maximum absolute atomic E-state index is 12.9. The zero-order valence-electron chi connectivity index (χ0n) is 17.4. The van der Waals surface area contributed by atoms with Gasteiger partial charge in [-0.2, -0.15) is 0 Å². The van der Waals surface area contributed by atoms with Crippen LogP contribution in [0.25, 0.3) is 22.3 Å². The van der Waals surface area contributed by atoms with Crippen LogP contribution in [-0.4, -0.2) is 50.8 Å². The predicted octanol–water partition coefficient (Wildman–Crippen LogP) is 2.69. The summed E-state index contributed by atoms with van der Waals surface area (Å²) in [5, 5.41) is 5.50. The minimum Gasteiger partial charge on any atom is -0.458 e. The van der Waals surface area contributed by atoms with Crippen LogP contribution in [0.2, 0.25) is 0 Å². The molecule has 1 fully saturated rings. The fourth-order valence-electron chi connectivity index (χ4n) is 3.60. The van der Waals surface area contributed by atoms with Crippen molar-refractivity contribution in [2.45, 2.75) is 32.7 Å². The summed E-state index contributed by atoms with van der Waals surface area (Å²) in [6, 6.07) is 4.97. The Hall–Kier alpha value is -3.11. The Bertz CT molecular complexity index is 1070. The lowest BCUT2D eigenvalue weighted by molar-refractivity contribution is -0.124. The van der Waals surface area contributed by atoms with Crippen LogP contribution >= 0.6 is 11.3 Å². The highest BCUT2D eigenvalue weighted by molar-refractivity contribution is 7.13. The number of nitrogens with two attached hydrogens (primary N) is 1. The molecule has 0 aliphatic carbocycles. The van der Waals surface area contributed by atoms with Gasteiger partial charge in [0.05, 0.1) is 6.04 Å². The van der Waals surface area contributed by atoms with Gasteiger partial charge in [-0.3, -0.25) is 14.5 Å². The van der Waals surface area contributed by atoms with E-state index in [-0.39, 0.29) is 23.8 Å². The van der Waals surface area contributed by atoms with Gasteiger partial charge >= 0.3 is 0 Å². The molecule has 162 valence electrons. The summed E-state index contributed by atoms with van der Waals surface area (Å²) in [6.07, 6.45) is 3.03. The van der Waals surface area contributed by atoms with Crippen molar-refractivity contribution in [3.63, 3.8) is 0 Å². The Balaban J connectivity index is 1.54. The Morgan fingerprint density at radius 2 is 2.06 bits per heavy atom. The molecule has 0 spiro atoms. The van der Waals surface area contributed by atoms with E-state index in [1.807, 2.05) is 25.3 Å². The van der Waals surface area contributed by atoms with Crippen LogP contribution in [-0.2, 0) is 9.59 Å². The Labute approximate surface area is 183 Å². The molecular formula is C21H24N6O3S. The van der Waals surface area contributed by atoms with Crippen molar-refractivity contribution in [3.8, 4) is 22.3 Å². The van der Waals surface area contributed by atoms with Gasteiger partial charge in [0, 0.05) is 23.6 Å². The van der Waals surface area contributed by atoms with E-state index in [2.05, 4.69) is 25.2 Å². The number of likely N-dealkylation sites (tertiary alicyclic amines) is 1. The average Bonchev–Trinajstić information content (AvgIpc) is 3.45. The second kappa shape index (κ2) is 8.94. The van der Waals surface area contributed by atoms with Crippen LogP contribution in [0.1, 0.15) is 25.5 Å². The molecule has 0 saturated carbocycles. The van der Waals surface area contributed by atoms with E-state index in [0.29, 0.717) is 49.0 Å². The summed E-state index contributed by atoms with van der Waals surface area (Å²) in [7, 11) is 0. The number of amides is 2. The number of hydrogen-bond donors (Lipinski definition) is 2. The number of primary amides is 1. The third-order valence-electron chi connectivity index (χ3n) is 5.45. The van der Waals surface area contributed by atoms with Crippen LogP contribution in [0.15, 0.2) is 34.2 Å². The van der Waals surface area contributed by atoms with Gasteiger partial charge in [-0.15, -0.1) is 11.3 Å². The maximum atomic E-state index is 12.9. The minimum absolute atomic E-state index is 0.117. The fraction of sp³-hybridized carbons (Fsp3) is 0.381. The third-order valence-corrected chi connectivity index (χ3v) is 6.24. The largest absolute Gasteiger partial charge is 0.458 e. The molecule has 1 atom stereocenters. The van der Waals surface area contributed by atoms with E-state index in [9.17, 15) is 9.59 Å². The highest BCUT2D eigenvalue weighted by atomic mass is 32.1. The monoisotopic (exact) mass is 440 g/mol. The molecule has 3 N–H and O–H groups in total. The van der Waals surface area contributed by atoms with Gasteiger partial charge in [0.1, 0.15) is 22.3 Å². The number of nitrogens with one attached hydrogen (secondary N) is 1. The SMILES string of the molecule is Cc1ccc(-c2nc(NC(=O)C(C)N3CCC(C(N)=O)CC3)cc(-c3nccs3)n2)o1. The van der Waals surface area contributed by atoms with Crippen molar-refractivity contribution >= 4 is 29.0 Å². The van der Waals surface area contributed by atoms with Crippen LogP contribution in [0.5, 0.6) is 0 Å². The zero-order valence-corrected chi connectivity index (χ0v) is 18.2. The lowest BCUT2D eigenvalue weighted by Crippen LogP contribution is -2.47. The van der Waals surface area contributed by atoms with Crippen LogP contribution in [0.3, 0.4) is 0 Å². The molecular weight excluding hydrogens is 416 g/mol. The van der Waals surface area contributed by atoms with Crippen LogP contribution in [0, 0.1) is 12.8 Å². The summed E-state index contributed by atoms with van der Waals surface area (Å²) in [6.45, 7) is 4.99. The van der Waals surface area contributed by atoms with E-state index in [1.165, 1.54) is 11.3 Å². The van der Waals surface area contributed by atoms with Gasteiger partial charge < -0.3 is 15.5 Å². The number of furan rings is 1. The number of aromatic nitrogens is 3. The molecule has 0 radical (unpaired) electrons. The lowest BCUT2D eigenvalue weighted by atomic mass is 9.95. The zero-order chi connectivity index (χ0) is 22.0. The fourth-order valence-corrected chi connectivity index (χ4v) is 4.20. The van der Waals surface area contributed by atoms with Gasteiger partial charge in [-0.1, -0.05) is 0 Å². The summed E-state index contributed by atoms with van der Waals surface area (Å²) in [5.41, 5.74) is 6.02.